The van der Waals surface area contributed by atoms with Gasteiger partial charge in [0.15, 0.2) is 22.5 Å². The lowest BCUT2D eigenvalue weighted by Gasteiger charge is -2.13. The fraction of sp³-hybridized carbons (Fsp3) is 0.238. The minimum Gasteiger partial charge on any atom is -0.493 e. The number of hydrogen-bond acceptors (Lipinski definition) is 7. The third-order valence-electron chi connectivity index (χ3n) is 4.36. The van der Waals surface area contributed by atoms with Gasteiger partial charge in [0.2, 0.25) is 6.79 Å². The van der Waals surface area contributed by atoms with Crippen molar-refractivity contribution in [3.05, 3.63) is 51.6 Å². The SMILES string of the molecule is O=C(O)COCCCOc1cc2c(cc1-c1cc(=O)c3cccc(Cl)c3o1)OCO2. The number of ether oxygens (including phenoxy) is 4. The average Bonchev–Trinajstić information content (AvgIpc) is 3.18. The van der Waals surface area contributed by atoms with Crippen LogP contribution in [0.4, 0.5) is 0 Å². The molecule has 0 atom stereocenters. The summed E-state index contributed by atoms with van der Waals surface area (Å²) >= 11 is 6.21. The van der Waals surface area contributed by atoms with E-state index in [4.69, 9.17) is 40.1 Å². The Morgan fingerprint density at radius 2 is 1.93 bits per heavy atom. The van der Waals surface area contributed by atoms with Gasteiger partial charge in [-0.25, -0.2) is 4.79 Å². The van der Waals surface area contributed by atoms with Crippen LogP contribution >= 0.6 is 11.6 Å². The number of carboxylic acids is 1. The highest BCUT2D eigenvalue weighted by Gasteiger charge is 2.21. The number of carbonyl (C=O) groups is 1. The molecule has 0 amide bonds. The zero-order valence-corrected chi connectivity index (χ0v) is 16.4. The number of benzene rings is 2. The van der Waals surface area contributed by atoms with Gasteiger partial charge in [0.05, 0.1) is 29.2 Å². The van der Waals surface area contributed by atoms with Crippen LogP contribution in [0.5, 0.6) is 17.2 Å². The molecule has 9 heteroatoms. The normalized spacial score (nSPS) is 12.3. The molecule has 2 heterocycles. The molecule has 0 saturated carbocycles. The number of para-hydroxylation sites is 1. The van der Waals surface area contributed by atoms with Crippen LogP contribution in [0.25, 0.3) is 22.3 Å². The highest BCUT2D eigenvalue weighted by atomic mass is 35.5. The molecule has 0 bridgehead atoms. The summed E-state index contributed by atoms with van der Waals surface area (Å²) in [6.07, 6.45) is 0.467. The van der Waals surface area contributed by atoms with E-state index in [1.54, 1.807) is 30.3 Å². The highest BCUT2D eigenvalue weighted by Crippen LogP contribution is 2.43. The standard InChI is InChI=1S/C21H17ClO8/c22-14-4-1-3-12-15(23)8-17(30-21(12)14)13-7-18-19(29-11-28-18)9-16(13)27-6-2-5-26-10-20(24)25/h1,3-4,7-9H,2,5-6,10-11H2,(H,24,25). The molecular weight excluding hydrogens is 416 g/mol. The van der Waals surface area contributed by atoms with Crippen LogP contribution in [0.15, 0.2) is 45.6 Å². The van der Waals surface area contributed by atoms with Crippen LogP contribution < -0.4 is 19.6 Å². The van der Waals surface area contributed by atoms with Crippen molar-refractivity contribution in [1.29, 1.82) is 0 Å². The van der Waals surface area contributed by atoms with Crippen molar-refractivity contribution in [3.8, 4) is 28.6 Å². The molecule has 4 rings (SSSR count). The first kappa shape index (κ1) is 20.1. The molecule has 8 nitrogen and oxygen atoms in total. The van der Waals surface area contributed by atoms with E-state index < -0.39 is 5.97 Å². The number of aliphatic carboxylic acids is 1. The van der Waals surface area contributed by atoms with Gasteiger partial charge in [-0.3, -0.25) is 4.79 Å². The molecular formula is C21H17ClO8. The second-order valence-electron chi connectivity index (χ2n) is 6.44. The molecule has 0 saturated heterocycles. The van der Waals surface area contributed by atoms with Gasteiger partial charge in [-0.1, -0.05) is 17.7 Å². The van der Waals surface area contributed by atoms with E-state index in [1.165, 1.54) is 6.07 Å². The van der Waals surface area contributed by atoms with E-state index >= 15 is 0 Å². The molecule has 1 aromatic heterocycles. The molecule has 2 aromatic carbocycles. The summed E-state index contributed by atoms with van der Waals surface area (Å²) in [5, 5.41) is 9.29. The Morgan fingerprint density at radius 3 is 2.73 bits per heavy atom. The predicted octanol–water partition coefficient (Wildman–Crippen LogP) is 3.71. The second-order valence-corrected chi connectivity index (χ2v) is 6.85. The topological polar surface area (TPSA) is 104 Å². The van der Waals surface area contributed by atoms with Gasteiger partial charge in [0, 0.05) is 18.6 Å². The van der Waals surface area contributed by atoms with Gasteiger partial charge >= 0.3 is 5.97 Å². The van der Waals surface area contributed by atoms with Gasteiger partial charge in [-0.05, 0) is 18.2 Å². The second kappa shape index (κ2) is 8.64. The Balaban J connectivity index is 1.64. The molecule has 0 fully saturated rings. The minimum absolute atomic E-state index is 0.0781. The molecule has 1 aliphatic rings. The van der Waals surface area contributed by atoms with Gasteiger partial charge in [0.25, 0.3) is 0 Å². The number of hydrogen-bond donors (Lipinski definition) is 1. The van der Waals surface area contributed by atoms with E-state index in [9.17, 15) is 9.59 Å². The summed E-state index contributed by atoms with van der Waals surface area (Å²) in [5.41, 5.74) is 0.552. The Labute approximate surface area is 175 Å². The lowest BCUT2D eigenvalue weighted by atomic mass is 10.1. The van der Waals surface area contributed by atoms with Crippen LogP contribution in [0, 0.1) is 0 Å². The highest BCUT2D eigenvalue weighted by molar-refractivity contribution is 6.34. The summed E-state index contributed by atoms with van der Waals surface area (Å²) in [6, 6.07) is 9.68. The fourth-order valence-electron chi connectivity index (χ4n) is 3.01. The summed E-state index contributed by atoms with van der Waals surface area (Å²) in [4.78, 5) is 23.1. The molecule has 156 valence electrons. The summed E-state index contributed by atoms with van der Waals surface area (Å²) in [5.74, 6) is 0.683. The van der Waals surface area contributed by atoms with Gasteiger partial charge < -0.3 is 28.5 Å². The van der Waals surface area contributed by atoms with E-state index in [0.717, 1.165) is 0 Å². The third kappa shape index (κ3) is 4.19. The van der Waals surface area contributed by atoms with Gasteiger partial charge in [-0.2, -0.15) is 0 Å². The van der Waals surface area contributed by atoms with E-state index in [0.29, 0.717) is 39.6 Å². The molecule has 0 aliphatic carbocycles. The quantitative estimate of drug-likeness (QED) is 0.537. The monoisotopic (exact) mass is 432 g/mol. The molecule has 0 spiro atoms. The Kier molecular flexibility index (Phi) is 5.78. The maximum absolute atomic E-state index is 12.6. The number of halogens is 1. The molecule has 3 aromatic rings. The number of fused-ring (bicyclic) bond motifs is 2. The van der Waals surface area contributed by atoms with Crippen molar-refractivity contribution in [2.45, 2.75) is 6.42 Å². The zero-order chi connectivity index (χ0) is 21.1. The van der Waals surface area contributed by atoms with E-state index in [1.807, 2.05) is 0 Å². The van der Waals surface area contributed by atoms with Crippen molar-refractivity contribution >= 4 is 28.5 Å². The number of carboxylic acid groups (broad SMARTS) is 1. The Bertz CT molecular complexity index is 1150. The van der Waals surface area contributed by atoms with Gasteiger partial charge in [-0.15, -0.1) is 0 Å². The fourth-order valence-corrected chi connectivity index (χ4v) is 3.23. The van der Waals surface area contributed by atoms with Crippen molar-refractivity contribution in [1.82, 2.24) is 0 Å². The summed E-state index contributed by atoms with van der Waals surface area (Å²) in [6.45, 7) is 0.199. The number of rotatable bonds is 8. The zero-order valence-electron chi connectivity index (χ0n) is 15.7. The lowest BCUT2D eigenvalue weighted by Crippen LogP contribution is -2.10. The maximum Gasteiger partial charge on any atom is 0.329 e. The third-order valence-corrected chi connectivity index (χ3v) is 4.66. The van der Waals surface area contributed by atoms with Crippen LogP contribution in [0.2, 0.25) is 5.02 Å². The lowest BCUT2D eigenvalue weighted by molar-refractivity contribution is -0.142. The van der Waals surface area contributed by atoms with Crippen LogP contribution in [0.3, 0.4) is 0 Å². The first-order chi connectivity index (χ1) is 14.5. The maximum atomic E-state index is 12.6. The van der Waals surface area contributed by atoms with Crippen molar-refractivity contribution in [2.75, 3.05) is 26.6 Å². The molecule has 1 aliphatic heterocycles. The van der Waals surface area contributed by atoms with Crippen LogP contribution in [0.1, 0.15) is 6.42 Å². The van der Waals surface area contributed by atoms with Crippen molar-refractivity contribution < 1.29 is 33.3 Å². The smallest absolute Gasteiger partial charge is 0.329 e. The minimum atomic E-state index is -1.03. The van der Waals surface area contributed by atoms with E-state index in [-0.39, 0.29) is 43.4 Å². The average molecular weight is 433 g/mol. The van der Waals surface area contributed by atoms with Gasteiger partial charge in [0.1, 0.15) is 18.1 Å². The molecule has 1 N–H and O–H groups in total. The Hall–Kier alpha value is -3.23. The van der Waals surface area contributed by atoms with Crippen LogP contribution in [-0.2, 0) is 9.53 Å². The van der Waals surface area contributed by atoms with E-state index in [2.05, 4.69) is 0 Å². The largest absolute Gasteiger partial charge is 0.493 e. The molecule has 0 unspecified atom stereocenters. The van der Waals surface area contributed by atoms with Crippen molar-refractivity contribution in [3.63, 3.8) is 0 Å². The predicted molar refractivity (Wildman–Crippen MR) is 108 cm³/mol. The van der Waals surface area contributed by atoms with Crippen molar-refractivity contribution in [2.24, 2.45) is 0 Å². The first-order valence-corrected chi connectivity index (χ1v) is 9.49. The Morgan fingerprint density at radius 1 is 1.13 bits per heavy atom. The summed E-state index contributed by atoms with van der Waals surface area (Å²) < 4.78 is 27.6. The first-order valence-electron chi connectivity index (χ1n) is 9.11. The molecule has 0 radical (unpaired) electrons. The van der Waals surface area contributed by atoms with Crippen LogP contribution in [-0.4, -0.2) is 37.7 Å². The molecule has 30 heavy (non-hydrogen) atoms. The summed E-state index contributed by atoms with van der Waals surface area (Å²) in [7, 11) is 0.